The lowest BCUT2D eigenvalue weighted by Gasteiger charge is -2.29. The molecule has 8 nitrogen and oxygen atoms in total. The molecule has 1 aliphatic heterocycles. The zero-order valence-electron chi connectivity index (χ0n) is 14.2. The number of nitrogens with one attached hydrogen (secondary N) is 1. The highest BCUT2D eigenvalue weighted by Gasteiger charge is 2.25. The van der Waals surface area contributed by atoms with E-state index in [-0.39, 0.29) is 5.91 Å². The second-order valence-corrected chi connectivity index (χ2v) is 6.02. The minimum absolute atomic E-state index is 0.00667. The Bertz CT molecular complexity index is 808. The molecule has 0 bridgehead atoms. The average Bonchev–Trinajstić information content (AvgIpc) is 2.61. The SMILES string of the molecule is CC(=O)N1CCc2c(nc(-c3cccnc3)nc2N[C@H](C)C(N)=O)C1. The molecule has 0 unspecified atom stereocenters. The minimum Gasteiger partial charge on any atom is -0.368 e. The zero-order valence-corrected chi connectivity index (χ0v) is 14.2. The monoisotopic (exact) mass is 340 g/mol. The first-order chi connectivity index (χ1) is 12.0. The number of anilines is 1. The molecule has 0 spiro atoms. The molecular formula is C17H20N6O2. The highest BCUT2D eigenvalue weighted by atomic mass is 16.2. The summed E-state index contributed by atoms with van der Waals surface area (Å²) < 4.78 is 0. The fraction of sp³-hybridized carbons (Fsp3) is 0.353. The molecule has 130 valence electrons. The summed E-state index contributed by atoms with van der Waals surface area (Å²) in [6, 6.07) is 3.10. The van der Waals surface area contributed by atoms with Crippen molar-refractivity contribution in [2.75, 3.05) is 11.9 Å². The third-order valence-corrected chi connectivity index (χ3v) is 4.21. The number of primary amides is 1. The lowest BCUT2D eigenvalue weighted by Crippen LogP contribution is -2.37. The Balaban J connectivity index is 2.05. The van der Waals surface area contributed by atoms with Crippen LogP contribution < -0.4 is 11.1 Å². The van der Waals surface area contributed by atoms with Crippen LogP contribution in [0.5, 0.6) is 0 Å². The van der Waals surface area contributed by atoms with Crippen LogP contribution in [0.25, 0.3) is 11.4 Å². The molecule has 1 atom stereocenters. The Morgan fingerprint density at radius 3 is 2.80 bits per heavy atom. The van der Waals surface area contributed by atoms with Crippen LogP contribution in [0.3, 0.4) is 0 Å². The topological polar surface area (TPSA) is 114 Å². The predicted octanol–water partition coefficient (Wildman–Crippen LogP) is 0.729. The van der Waals surface area contributed by atoms with Gasteiger partial charge in [0.25, 0.3) is 0 Å². The number of rotatable bonds is 4. The van der Waals surface area contributed by atoms with Gasteiger partial charge in [0.2, 0.25) is 11.8 Å². The van der Waals surface area contributed by atoms with Crippen LogP contribution in [0, 0.1) is 0 Å². The summed E-state index contributed by atoms with van der Waals surface area (Å²) in [5, 5.41) is 3.07. The third-order valence-electron chi connectivity index (χ3n) is 4.21. The van der Waals surface area contributed by atoms with Gasteiger partial charge in [0, 0.05) is 37.0 Å². The van der Waals surface area contributed by atoms with Gasteiger partial charge in [0.1, 0.15) is 11.9 Å². The van der Waals surface area contributed by atoms with Crippen LogP contribution in [0.4, 0.5) is 5.82 Å². The van der Waals surface area contributed by atoms with Crippen LogP contribution >= 0.6 is 0 Å². The maximum absolute atomic E-state index is 11.7. The predicted molar refractivity (Wildman–Crippen MR) is 92.3 cm³/mol. The Hall–Kier alpha value is -3.03. The Kier molecular flexibility index (Phi) is 4.60. The van der Waals surface area contributed by atoms with E-state index in [0.29, 0.717) is 31.2 Å². The first kappa shape index (κ1) is 16.8. The molecule has 2 aromatic heterocycles. The Morgan fingerprint density at radius 1 is 1.36 bits per heavy atom. The van der Waals surface area contributed by atoms with E-state index in [9.17, 15) is 9.59 Å². The molecule has 0 aromatic carbocycles. The summed E-state index contributed by atoms with van der Waals surface area (Å²) in [6.07, 6.45) is 3.97. The van der Waals surface area contributed by atoms with Crippen molar-refractivity contribution in [2.24, 2.45) is 5.73 Å². The molecule has 25 heavy (non-hydrogen) atoms. The summed E-state index contributed by atoms with van der Waals surface area (Å²) in [5.74, 6) is 0.624. The van der Waals surface area contributed by atoms with E-state index in [1.807, 2.05) is 6.07 Å². The van der Waals surface area contributed by atoms with Gasteiger partial charge in [0.05, 0.1) is 12.2 Å². The number of carbonyl (C=O) groups is 2. The Morgan fingerprint density at radius 2 is 2.16 bits per heavy atom. The number of hydrogen-bond donors (Lipinski definition) is 2. The number of aromatic nitrogens is 3. The highest BCUT2D eigenvalue weighted by Crippen LogP contribution is 2.27. The van der Waals surface area contributed by atoms with E-state index in [1.165, 1.54) is 0 Å². The van der Waals surface area contributed by atoms with E-state index in [1.54, 1.807) is 37.2 Å². The zero-order chi connectivity index (χ0) is 18.0. The third kappa shape index (κ3) is 3.57. The number of nitrogens with zero attached hydrogens (tertiary/aromatic N) is 4. The second-order valence-electron chi connectivity index (χ2n) is 6.02. The quantitative estimate of drug-likeness (QED) is 0.848. The van der Waals surface area contributed by atoms with E-state index in [4.69, 9.17) is 5.73 Å². The fourth-order valence-electron chi connectivity index (χ4n) is 2.72. The number of amides is 2. The van der Waals surface area contributed by atoms with Crippen molar-refractivity contribution in [1.82, 2.24) is 19.9 Å². The van der Waals surface area contributed by atoms with Gasteiger partial charge < -0.3 is 16.0 Å². The summed E-state index contributed by atoms with van der Waals surface area (Å²) >= 11 is 0. The number of carbonyl (C=O) groups excluding carboxylic acids is 2. The number of nitrogens with two attached hydrogens (primary N) is 1. The molecule has 2 amide bonds. The van der Waals surface area contributed by atoms with E-state index in [0.717, 1.165) is 16.8 Å². The van der Waals surface area contributed by atoms with E-state index in [2.05, 4.69) is 20.3 Å². The van der Waals surface area contributed by atoms with E-state index >= 15 is 0 Å². The summed E-state index contributed by atoms with van der Waals surface area (Å²) in [4.78, 5) is 38.2. The lowest BCUT2D eigenvalue weighted by molar-refractivity contribution is -0.129. The molecule has 3 rings (SSSR count). The van der Waals surface area contributed by atoms with Crippen LogP contribution in [0.15, 0.2) is 24.5 Å². The molecule has 0 aliphatic carbocycles. The van der Waals surface area contributed by atoms with Crippen LogP contribution in [0.2, 0.25) is 0 Å². The molecule has 0 radical (unpaired) electrons. The number of pyridine rings is 1. The van der Waals surface area contributed by atoms with Crippen molar-refractivity contribution < 1.29 is 9.59 Å². The second kappa shape index (κ2) is 6.84. The van der Waals surface area contributed by atoms with Crippen molar-refractivity contribution in [1.29, 1.82) is 0 Å². The fourth-order valence-corrected chi connectivity index (χ4v) is 2.72. The maximum atomic E-state index is 11.7. The molecule has 1 aliphatic rings. The van der Waals surface area contributed by atoms with Crippen molar-refractivity contribution >= 4 is 17.6 Å². The molecule has 3 N–H and O–H groups in total. The lowest BCUT2D eigenvalue weighted by atomic mass is 10.0. The van der Waals surface area contributed by atoms with Crippen molar-refractivity contribution in [3.8, 4) is 11.4 Å². The van der Waals surface area contributed by atoms with Gasteiger partial charge in [0.15, 0.2) is 5.82 Å². The van der Waals surface area contributed by atoms with E-state index < -0.39 is 11.9 Å². The standard InChI is InChI=1S/C17H20N6O2/c1-10(15(18)25)20-17-13-5-7-23(11(2)24)9-14(13)21-16(22-17)12-4-3-6-19-8-12/h3-4,6,8,10H,5,7,9H2,1-2H3,(H2,18,25)(H,20,21,22)/t10-/m1/s1. The number of hydrogen-bond acceptors (Lipinski definition) is 6. The van der Waals surface area contributed by atoms with Crippen molar-refractivity contribution in [2.45, 2.75) is 32.9 Å². The van der Waals surface area contributed by atoms with Gasteiger partial charge in [-0.15, -0.1) is 0 Å². The summed E-state index contributed by atoms with van der Waals surface area (Å²) in [5.41, 5.74) is 7.81. The van der Waals surface area contributed by atoms with Gasteiger partial charge in [-0.2, -0.15) is 0 Å². The molecule has 8 heteroatoms. The molecule has 3 heterocycles. The van der Waals surface area contributed by atoms with Gasteiger partial charge in [-0.25, -0.2) is 9.97 Å². The molecule has 0 saturated carbocycles. The number of fused-ring (bicyclic) bond motifs is 1. The van der Waals surface area contributed by atoms with Gasteiger partial charge >= 0.3 is 0 Å². The molecule has 0 fully saturated rings. The first-order valence-corrected chi connectivity index (χ1v) is 8.07. The van der Waals surface area contributed by atoms with Crippen LogP contribution in [-0.2, 0) is 22.6 Å². The van der Waals surface area contributed by atoms with Gasteiger partial charge in [-0.1, -0.05) is 0 Å². The highest BCUT2D eigenvalue weighted by molar-refractivity contribution is 5.82. The van der Waals surface area contributed by atoms with Crippen molar-refractivity contribution in [3.63, 3.8) is 0 Å². The summed E-state index contributed by atoms with van der Waals surface area (Å²) in [6.45, 7) is 4.24. The maximum Gasteiger partial charge on any atom is 0.239 e. The largest absolute Gasteiger partial charge is 0.368 e. The normalized spacial score (nSPS) is 14.6. The molecule has 2 aromatic rings. The smallest absolute Gasteiger partial charge is 0.239 e. The van der Waals surface area contributed by atoms with Gasteiger partial charge in [-0.05, 0) is 25.5 Å². The molecular weight excluding hydrogens is 320 g/mol. The molecule has 0 saturated heterocycles. The first-order valence-electron chi connectivity index (χ1n) is 8.07. The Labute approximate surface area is 145 Å². The average molecular weight is 340 g/mol. The van der Waals surface area contributed by atoms with Gasteiger partial charge in [-0.3, -0.25) is 14.6 Å². The van der Waals surface area contributed by atoms with Crippen LogP contribution in [0.1, 0.15) is 25.1 Å². The minimum atomic E-state index is -0.563. The summed E-state index contributed by atoms with van der Waals surface area (Å²) in [7, 11) is 0. The van der Waals surface area contributed by atoms with Crippen LogP contribution in [-0.4, -0.2) is 44.3 Å². The van der Waals surface area contributed by atoms with Crippen molar-refractivity contribution in [3.05, 3.63) is 35.8 Å².